The molecular weight excluding hydrogens is 274 g/mol. The minimum absolute atomic E-state index is 0.0270. The maximum atomic E-state index is 12.5. The Balaban J connectivity index is 1.94. The van der Waals surface area contributed by atoms with Gasteiger partial charge in [-0.1, -0.05) is 6.92 Å². The molecule has 7 heteroatoms. The van der Waals surface area contributed by atoms with Crippen molar-refractivity contribution in [3.05, 3.63) is 0 Å². The molecule has 0 aromatic heterocycles. The second kappa shape index (κ2) is 5.91. The van der Waals surface area contributed by atoms with Gasteiger partial charge in [-0.25, -0.2) is 4.79 Å². The summed E-state index contributed by atoms with van der Waals surface area (Å²) >= 11 is 0. The highest BCUT2D eigenvalue weighted by Gasteiger charge is 2.45. The van der Waals surface area contributed by atoms with Gasteiger partial charge in [-0.05, 0) is 12.8 Å². The summed E-state index contributed by atoms with van der Waals surface area (Å²) in [6.45, 7) is 6.28. The Hall–Kier alpha value is -1.79. The fourth-order valence-corrected chi connectivity index (χ4v) is 3.06. The van der Waals surface area contributed by atoms with E-state index in [1.54, 1.807) is 14.7 Å². The van der Waals surface area contributed by atoms with E-state index in [-0.39, 0.29) is 18.5 Å². The summed E-state index contributed by atoms with van der Waals surface area (Å²) in [7, 11) is 0. The van der Waals surface area contributed by atoms with Crippen LogP contribution in [-0.4, -0.2) is 77.0 Å². The molecule has 1 unspecified atom stereocenters. The molecule has 118 valence electrons. The maximum absolute atomic E-state index is 12.5. The van der Waals surface area contributed by atoms with Crippen LogP contribution in [0.3, 0.4) is 0 Å². The van der Waals surface area contributed by atoms with Crippen molar-refractivity contribution in [2.24, 2.45) is 5.41 Å². The van der Waals surface area contributed by atoms with E-state index < -0.39 is 11.4 Å². The molecule has 2 rings (SSSR count). The molecule has 0 aliphatic carbocycles. The van der Waals surface area contributed by atoms with Crippen molar-refractivity contribution in [1.29, 1.82) is 0 Å². The first-order valence-corrected chi connectivity index (χ1v) is 7.42. The SMILES string of the molecule is CCC1(C(=O)O)CCN(C(=O)N2CCN(C(C)=O)CC2)C1. The number of carbonyl (C=O) groups excluding carboxylic acids is 2. The zero-order chi connectivity index (χ0) is 15.6. The minimum Gasteiger partial charge on any atom is -0.481 e. The minimum atomic E-state index is -0.818. The van der Waals surface area contributed by atoms with Gasteiger partial charge in [-0.15, -0.1) is 0 Å². The van der Waals surface area contributed by atoms with E-state index in [9.17, 15) is 19.5 Å². The van der Waals surface area contributed by atoms with Gasteiger partial charge in [0.2, 0.25) is 5.91 Å². The first-order chi connectivity index (χ1) is 9.89. The van der Waals surface area contributed by atoms with Crippen LogP contribution in [-0.2, 0) is 9.59 Å². The highest BCUT2D eigenvalue weighted by Crippen LogP contribution is 2.34. The van der Waals surface area contributed by atoms with Gasteiger partial charge in [0, 0.05) is 46.2 Å². The van der Waals surface area contributed by atoms with Crippen LogP contribution in [0.25, 0.3) is 0 Å². The van der Waals surface area contributed by atoms with Crippen LogP contribution in [0, 0.1) is 5.41 Å². The first kappa shape index (κ1) is 15.6. The summed E-state index contributed by atoms with van der Waals surface area (Å²) in [5.74, 6) is -0.791. The Labute approximate surface area is 124 Å². The quantitative estimate of drug-likeness (QED) is 0.803. The van der Waals surface area contributed by atoms with Crippen LogP contribution in [0.1, 0.15) is 26.7 Å². The number of urea groups is 1. The molecular formula is C14H23N3O4. The molecule has 2 fully saturated rings. The molecule has 1 atom stereocenters. The molecule has 21 heavy (non-hydrogen) atoms. The van der Waals surface area contributed by atoms with Crippen molar-refractivity contribution in [2.45, 2.75) is 26.7 Å². The molecule has 2 saturated heterocycles. The van der Waals surface area contributed by atoms with Gasteiger partial charge < -0.3 is 19.8 Å². The van der Waals surface area contributed by atoms with Gasteiger partial charge in [0.25, 0.3) is 0 Å². The standard InChI is InChI=1S/C14H23N3O4/c1-3-14(12(19)20)4-5-17(10-14)13(21)16-8-6-15(7-9-16)11(2)18/h3-10H2,1-2H3,(H,19,20). The molecule has 0 radical (unpaired) electrons. The van der Waals surface area contributed by atoms with Crippen molar-refractivity contribution < 1.29 is 19.5 Å². The Bertz CT molecular complexity index is 446. The van der Waals surface area contributed by atoms with E-state index in [1.165, 1.54) is 6.92 Å². The third kappa shape index (κ3) is 2.96. The van der Waals surface area contributed by atoms with Gasteiger partial charge >= 0.3 is 12.0 Å². The van der Waals surface area contributed by atoms with Crippen LogP contribution in [0.2, 0.25) is 0 Å². The number of nitrogens with zero attached hydrogens (tertiary/aromatic N) is 3. The monoisotopic (exact) mass is 297 g/mol. The molecule has 2 aliphatic heterocycles. The van der Waals surface area contributed by atoms with E-state index in [4.69, 9.17) is 0 Å². The summed E-state index contributed by atoms with van der Waals surface area (Å²) in [5, 5.41) is 9.37. The van der Waals surface area contributed by atoms with Crippen LogP contribution in [0.4, 0.5) is 4.79 Å². The van der Waals surface area contributed by atoms with Crippen LogP contribution < -0.4 is 0 Å². The lowest BCUT2D eigenvalue weighted by Gasteiger charge is -2.36. The summed E-state index contributed by atoms with van der Waals surface area (Å²) in [6.07, 6.45) is 1.04. The average Bonchev–Trinajstić information content (AvgIpc) is 2.92. The normalized spacial score (nSPS) is 26.1. The number of rotatable bonds is 2. The molecule has 2 heterocycles. The second-order valence-electron chi connectivity index (χ2n) is 5.89. The van der Waals surface area contributed by atoms with Gasteiger partial charge in [0.1, 0.15) is 0 Å². The molecule has 0 aromatic rings. The smallest absolute Gasteiger partial charge is 0.320 e. The molecule has 0 saturated carbocycles. The van der Waals surface area contributed by atoms with Crippen molar-refractivity contribution >= 4 is 17.9 Å². The van der Waals surface area contributed by atoms with Gasteiger partial charge in [0.05, 0.1) is 5.41 Å². The number of hydrogen-bond acceptors (Lipinski definition) is 3. The van der Waals surface area contributed by atoms with E-state index in [1.807, 2.05) is 6.92 Å². The number of carboxylic acid groups (broad SMARTS) is 1. The lowest BCUT2D eigenvalue weighted by atomic mass is 9.84. The number of aliphatic carboxylic acids is 1. The third-order valence-corrected chi connectivity index (χ3v) is 4.75. The molecule has 0 bridgehead atoms. The van der Waals surface area contributed by atoms with Crippen molar-refractivity contribution in [2.75, 3.05) is 39.3 Å². The van der Waals surface area contributed by atoms with E-state index in [0.29, 0.717) is 45.6 Å². The number of carboxylic acids is 1. The predicted octanol–water partition coefficient (Wildman–Crippen LogP) is 0.457. The van der Waals surface area contributed by atoms with Crippen molar-refractivity contribution in [3.63, 3.8) is 0 Å². The second-order valence-corrected chi connectivity index (χ2v) is 5.89. The number of likely N-dealkylation sites (tertiary alicyclic amines) is 1. The summed E-state index contributed by atoms with van der Waals surface area (Å²) in [6, 6.07) is -0.102. The first-order valence-electron chi connectivity index (χ1n) is 7.42. The number of piperazine rings is 1. The Kier molecular flexibility index (Phi) is 4.39. The van der Waals surface area contributed by atoms with E-state index in [0.717, 1.165) is 0 Å². The highest BCUT2D eigenvalue weighted by atomic mass is 16.4. The molecule has 0 spiro atoms. The van der Waals surface area contributed by atoms with Gasteiger partial charge in [-0.3, -0.25) is 9.59 Å². The lowest BCUT2D eigenvalue weighted by Crippen LogP contribution is -2.53. The maximum Gasteiger partial charge on any atom is 0.320 e. The summed E-state index contributed by atoms with van der Waals surface area (Å²) < 4.78 is 0. The number of amides is 3. The van der Waals surface area contributed by atoms with Gasteiger partial charge in [0.15, 0.2) is 0 Å². The highest BCUT2D eigenvalue weighted by molar-refractivity contribution is 5.80. The molecule has 7 nitrogen and oxygen atoms in total. The van der Waals surface area contributed by atoms with Crippen molar-refractivity contribution in [1.82, 2.24) is 14.7 Å². The molecule has 0 aromatic carbocycles. The van der Waals surface area contributed by atoms with Crippen LogP contribution >= 0.6 is 0 Å². The fraction of sp³-hybridized carbons (Fsp3) is 0.786. The third-order valence-electron chi connectivity index (χ3n) is 4.75. The molecule has 3 amide bonds. The Morgan fingerprint density at radius 1 is 1.00 bits per heavy atom. The van der Waals surface area contributed by atoms with Gasteiger partial charge in [-0.2, -0.15) is 0 Å². The van der Waals surface area contributed by atoms with E-state index >= 15 is 0 Å². The number of carbonyl (C=O) groups is 3. The molecule has 1 N–H and O–H groups in total. The van der Waals surface area contributed by atoms with Crippen molar-refractivity contribution in [3.8, 4) is 0 Å². The lowest BCUT2D eigenvalue weighted by molar-refractivity contribution is -0.148. The zero-order valence-electron chi connectivity index (χ0n) is 12.7. The zero-order valence-corrected chi connectivity index (χ0v) is 12.7. The van der Waals surface area contributed by atoms with Crippen LogP contribution in [0.15, 0.2) is 0 Å². The summed E-state index contributed by atoms with van der Waals surface area (Å²) in [5.41, 5.74) is -0.795. The summed E-state index contributed by atoms with van der Waals surface area (Å²) in [4.78, 5) is 40.2. The van der Waals surface area contributed by atoms with Crippen LogP contribution in [0.5, 0.6) is 0 Å². The Morgan fingerprint density at radius 2 is 1.57 bits per heavy atom. The average molecular weight is 297 g/mol. The topological polar surface area (TPSA) is 81.2 Å². The molecule has 2 aliphatic rings. The predicted molar refractivity (Wildman–Crippen MR) is 75.8 cm³/mol. The largest absolute Gasteiger partial charge is 0.481 e. The Morgan fingerprint density at radius 3 is 2.00 bits per heavy atom. The fourth-order valence-electron chi connectivity index (χ4n) is 3.06. The van der Waals surface area contributed by atoms with E-state index in [2.05, 4.69) is 0 Å². The number of hydrogen-bond donors (Lipinski definition) is 1.